The van der Waals surface area contributed by atoms with Gasteiger partial charge in [0.1, 0.15) is 17.8 Å². The van der Waals surface area contributed by atoms with Crippen molar-refractivity contribution in [2.75, 3.05) is 6.61 Å². The molecule has 3 heterocycles. The number of hydrogen-bond acceptors (Lipinski definition) is 7. The highest BCUT2D eigenvalue weighted by Crippen LogP contribution is 2.56. The van der Waals surface area contributed by atoms with Crippen molar-refractivity contribution in [3.8, 4) is 0 Å². The van der Waals surface area contributed by atoms with E-state index in [1.54, 1.807) is 19.3 Å². The van der Waals surface area contributed by atoms with Crippen LogP contribution in [0.4, 0.5) is 0 Å². The average Bonchev–Trinajstić information content (AvgIpc) is 3.19. The van der Waals surface area contributed by atoms with Gasteiger partial charge in [0, 0.05) is 12.4 Å². The summed E-state index contributed by atoms with van der Waals surface area (Å²) in [4.78, 5) is 33.6. The van der Waals surface area contributed by atoms with Crippen LogP contribution in [0.3, 0.4) is 0 Å². The van der Waals surface area contributed by atoms with E-state index in [1.165, 1.54) is 34.5 Å². The fourth-order valence-electron chi connectivity index (χ4n) is 2.74. The van der Waals surface area contributed by atoms with E-state index in [0.717, 1.165) is 5.82 Å². The van der Waals surface area contributed by atoms with E-state index in [2.05, 4.69) is 16.5 Å². The van der Waals surface area contributed by atoms with Gasteiger partial charge in [-0.2, -0.15) is 0 Å². The van der Waals surface area contributed by atoms with E-state index in [4.69, 9.17) is 4.74 Å². The van der Waals surface area contributed by atoms with Gasteiger partial charge in [-0.1, -0.05) is 24.4 Å². The van der Waals surface area contributed by atoms with Crippen LogP contribution in [0.5, 0.6) is 0 Å². The van der Waals surface area contributed by atoms with Gasteiger partial charge in [-0.05, 0) is 13.8 Å². The Morgan fingerprint density at radius 2 is 2.40 bits per heavy atom. The van der Waals surface area contributed by atoms with Crippen LogP contribution in [0, 0.1) is 5.92 Å². The fraction of sp³-hybridized carbons (Fsp3) is 0.438. The molecule has 0 saturated carbocycles. The summed E-state index contributed by atoms with van der Waals surface area (Å²) >= 11 is 2.86. The minimum atomic E-state index is -0.765. The third kappa shape index (κ3) is 3.23. The highest BCUT2D eigenvalue weighted by Gasteiger charge is 2.58. The van der Waals surface area contributed by atoms with Gasteiger partial charge in [0.25, 0.3) is 0 Å². The molecule has 0 aliphatic carbocycles. The maximum absolute atomic E-state index is 12.5. The summed E-state index contributed by atoms with van der Waals surface area (Å²) in [7, 11) is 0. The first-order valence-corrected chi connectivity index (χ1v) is 9.57. The van der Waals surface area contributed by atoms with Gasteiger partial charge < -0.3 is 14.8 Å². The molecule has 1 fully saturated rings. The molecule has 0 radical (unpaired) electrons. The lowest BCUT2D eigenvalue weighted by Crippen LogP contribution is -2.60. The molecule has 1 aromatic rings. The molecular formula is C16H19N3O4S2. The summed E-state index contributed by atoms with van der Waals surface area (Å²) in [5.41, 5.74) is 0.252. The first kappa shape index (κ1) is 18.1. The number of nitrogens with one attached hydrogen (secondary N) is 1. The van der Waals surface area contributed by atoms with Crippen molar-refractivity contribution in [2.24, 2.45) is 5.92 Å². The van der Waals surface area contributed by atoms with Gasteiger partial charge in [0.15, 0.2) is 5.70 Å². The Morgan fingerprint density at radius 1 is 1.64 bits per heavy atom. The second-order valence-corrected chi connectivity index (χ2v) is 8.48. The van der Waals surface area contributed by atoms with Crippen molar-refractivity contribution >= 4 is 35.4 Å². The second-order valence-electron chi connectivity index (χ2n) is 5.74. The van der Waals surface area contributed by atoms with Crippen LogP contribution in [-0.4, -0.2) is 49.9 Å². The van der Waals surface area contributed by atoms with Crippen molar-refractivity contribution in [1.29, 1.82) is 0 Å². The largest absolute Gasteiger partial charge is 0.457 e. The number of carbonyl (C=O) groups is 2. The lowest BCUT2D eigenvalue weighted by Gasteiger charge is -2.43. The molecule has 1 aromatic heterocycles. The molecule has 1 amide bonds. The first-order valence-electron chi connectivity index (χ1n) is 7.81. The molecule has 3 rings (SSSR count). The topological polar surface area (TPSA) is 95.5 Å². The summed E-state index contributed by atoms with van der Waals surface area (Å²) < 4.78 is 5.86. The predicted molar refractivity (Wildman–Crippen MR) is 96.2 cm³/mol. The number of rotatable bonds is 7. The third-order valence-corrected chi connectivity index (χ3v) is 6.69. The molecule has 134 valence electrons. The number of β-lactam (4-membered cyclic amide) rings is 1. The molecule has 0 spiro atoms. The lowest BCUT2D eigenvalue weighted by molar-refractivity contribution is -0.157. The number of imidazole rings is 1. The van der Waals surface area contributed by atoms with Crippen LogP contribution >= 0.6 is 23.5 Å². The molecule has 7 nitrogen and oxygen atoms in total. The van der Waals surface area contributed by atoms with Gasteiger partial charge >= 0.3 is 5.97 Å². The number of esters is 1. The number of nitrogens with zero attached hydrogens (tertiary/aromatic N) is 2. The summed E-state index contributed by atoms with van der Waals surface area (Å²) in [5.74, 6) is -0.533. The zero-order chi connectivity index (χ0) is 18.1. The maximum atomic E-state index is 12.5. The van der Waals surface area contributed by atoms with Crippen molar-refractivity contribution in [1.82, 2.24) is 14.9 Å². The monoisotopic (exact) mass is 381 g/mol. The van der Waals surface area contributed by atoms with E-state index in [1.807, 2.05) is 6.92 Å². The van der Waals surface area contributed by atoms with E-state index >= 15 is 0 Å². The number of H-pyrrole nitrogens is 1. The number of ether oxygens (including phenoxy) is 1. The van der Waals surface area contributed by atoms with E-state index in [9.17, 15) is 14.7 Å². The third-order valence-electron chi connectivity index (χ3n) is 3.98. The normalized spacial score (nSPS) is 24.6. The van der Waals surface area contributed by atoms with E-state index in [-0.39, 0.29) is 28.8 Å². The van der Waals surface area contributed by atoms with Crippen LogP contribution < -0.4 is 0 Å². The van der Waals surface area contributed by atoms with Crippen molar-refractivity contribution in [2.45, 2.75) is 30.6 Å². The van der Waals surface area contributed by atoms with Gasteiger partial charge in [0.05, 0.1) is 21.5 Å². The molecule has 0 bridgehead atoms. The second kappa shape index (κ2) is 7.27. The number of fused-ring (bicyclic) bond motifs is 1. The Hall–Kier alpha value is -1.71. The average molecular weight is 381 g/mol. The van der Waals surface area contributed by atoms with Gasteiger partial charge in [0.2, 0.25) is 5.91 Å². The number of aliphatic hydroxyl groups excluding tert-OH is 1. The van der Waals surface area contributed by atoms with Crippen molar-refractivity contribution < 1.29 is 19.4 Å². The number of thioether (sulfide) groups is 2. The maximum Gasteiger partial charge on any atom is 0.357 e. The number of aromatic amines is 1. The molecule has 4 atom stereocenters. The smallest absolute Gasteiger partial charge is 0.357 e. The zero-order valence-electron chi connectivity index (χ0n) is 13.8. The standard InChI is InChI=1S/C16H19N3O4S2/c1-4-7-23-15(22)11-16(24-9(3)12-17-5-6-18-12)25-14-10(8(2)20)13(21)19(11)14/h4-6,8-10,14,20H,1,7H2,2-3H3,(H,17,18)/t8?,9?,10-,14+/m0/s1. The fourth-order valence-corrected chi connectivity index (χ4v) is 5.87. The number of carbonyl (C=O) groups excluding carboxylic acids is 2. The highest BCUT2D eigenvalue weighted by molar-refractivity contribution is 8.22. The number of amides is 1. The Morgan fingerprint density at radius 3 is 3.00 bits per heavy atom. The minimum absolute atomic E-state index is 0.0292. The summed E-state index contributed by atoms with van der Waals surface area (Å²) in [6.07, 6.45) is 4.12. The molecule has 1 saturated heterocycles. The quantitative estimate of drug-likeness (QED) is 0.424. The Balaban J connectivity index is 1.85. The van der Waals surface area contributed by atoms with Crippen LogP contribution in [-0.2, 0) is 14.3 Å². The van der Waals surface area contributed by atoms with Crippen LogP contribution in [0.1, 0.15) is 24.9 Å². The van der Waals surface area contributed by atoms with Crippen LogP contribution in [0.15, 0.2) is 35.0 Å². The number of hydrogen-bond donors (Lipinski definition) is 2. The first-order chi connectivity index (χ1) is 12.0. The van der Waals surface area contributed by atoms with E-state index < -0.39 is 18.0 Å². The highest BCUT2D eigenvalue weighted by atomic mass is 32.2. The minimum Gasteiger partial charge on any atom is -0.457 e. The van der Waals surface area contributed by atoms with Crippen LogP contribution in [0.25, 0.3) is 0 Å². The zero-order valence-corrected chi connectivity index (χ0v) is 15.5. The van der Waals surface area contributed by atoms with E-state index in [0.29, 0.717) is 4.24 Å². The molecule has 2 aliphatic heterocycles. The van der Waals surface area contributed by atoms with Gasteiger partial charge in [-0.3, -0.25) is 9.69 Å². The number of aromatic nitrogens is 2. The molecular weight excluding hydrogens is 362 g/mol. The summed E-state index contributed by atoms with van der Waals surface area (Å²) in [6, 6.07) is 0. The SMILES string of the molecule is C=CCOC(=O)C1=C(SC(C)c2ncc[nH]2)S[C@@H]2[C@@H](C(C)O)C(=O)N12. The molecule has 0 aromatic carbocycles. The Labute approximate surface area is 153 Å². The van der Waals surface area contributed by atoms with Crippen molar-refractivity contribution in [3.05, 3.63) is 40.8 Å². The van der Waals surface area contributed by atoms with Gasteiger partial charge in [-0.25, -0.2) is 9.78 Å². The predicted octanol–water partition coefficient (Wildman–Crippen LogP) is 2.01. The molecule has 2 unspecified atom stereocenters. The molecule has 9 heteroatoms. The van der Waals surface area contributed by atoms with Gasteiger partial charge in [-0.15, -0.1) is 11.8 Å². The Kier molecular flexibility index (Phi) is 5.26. The molecule has 2 aliphatic rings. The number of aliphatic hydroxyl groups is 1. The van der Waals surface area contributed by atoms with Crippen molar-refractivity contribution in [3.63, 3.8) is 0 Å². The lowest BCUT2D eigenvalue weighted by atomic mass is 9.92. The summed E-state index contributed by atoms with van der Waals surface area (Å²) in [6.45, 7) is 7.16. The molecule has 2 N–H and O–H groups in total. The van der Waals surface area contributed by atoms with Crippen LogP contribution in [0.2, 0.25) is 0 Å². The summed E-state index contributed by atoms with van der Waals surface area (Å²) in [5, 5.41) is 9.54. The molecule has 25 heavy (non-hydrogen) atoms. The Bertz CT molecular complexity index is 717.